The summed E-state index contributed by atoms with van der Waals surface area (Å²) >= 11 is 0. The SMILES string of the molecule is CNCc1cc(-n2cc(C)cn2)nc(C(C)(C)C)c1. The molecule has 2 heterocycles. The summed E-state index contributed by atoms with van der Waals surface area (Å²) in [6, 6.07) is 4.24. The minimum absolute atomic E-state index is 0.0285. The minimum Gasteiger partial charge on any atom is -0.316 e. The van der Waals surface area contributed by atoms with Gasteiger partial charge in [0.2, 0.25) is 0 Å². The standard InChI is InChI=1S/C15H22N4/c1-11-8-17-19(10-11)14-7-12(9-16-5)6-13(18-14)15(2,3)4/h6-8,10,16H,9H2,1-5H3. The van der Waals surface area contributed by atoms with Gasteiger partial charge in [-0.25, -0.2) is 9.67 Å². The van der Waals surface area contributed by atoms with Crippen LogP contribution >= 0.6 is 0 Å². The van der Waals surface area contributed by atoms with Gasteiger partial charge in [-0.3, -0.25) is 0 Å². The molecule has 0 saturated heterocycles. The van der Waals surface area contributed by atoms with Crippen LogP contribution in [0.25, 0.3) is 5.82 Å². The van der Waals surface area contributed by atoms with Crippen molar-refractivity contribution in [3.05, 3.63) is 41.3 Å². The lowest BCUT2D eigenvalue weighted by atomic mass is 9.90. The van der Waals surface area contributed by atoms with Crippen molar-refractivity contribution in [3.63, 3.8) is 0 Å². The molecule has 19 heavy (non-hydrogen) atoms. The Labute approximate surface area is 114 Å². The van der Waals surface area contributed by atoms with Crippen LogP contribution in [0, 0.1) is 6.92 Å². The van der Waals surface area contributed by atoms with Crippen LogP contribution in [0.5, 0.6) is 0 Å². The fraction of sp³-hybridized carbons (Fsp3) is 0.467. The van der Waals surface area contributed by atoms with E-state index in [1.54, 1.807) is 0 Å². The molecule has 0 atom stereocenters. The molecule has 0 bridgehead atoms. The van der Waals surface area contributed by atoms with Crippen molar-refractivity contribution in [2.75, 3.05) is 7.05 Å². The van der Waals surface area contributed by atoms with Gasteiger partial charge in [0, 0.05) is 23.9 Å². The Morgan fingerprint density at radius 2 is 2.00 bits per heavy atom. The molecular formula is C15H22N4. The van der Waals surface area contributed by atoms with E-state index in [1.807, 2.05) is 31.0 Å². The Kier molecular flexibility index (Phi) is 3.71. The molecule has 0 radical (unpaired) electrons. The predicted octanol–water partition coefficient (Wildman–Crippen LogP) is 2.59. The molecule has 0 unspecified atom stereocenters. The zero-order chi connectivity index (χ0) is 14.0. The van der Waals surface area contributed by atoms with Crippen molar-refractivity contribution in [2.45, 2.75) is 39.7 Å². The van der Waals surface area contributed by atoms with Crippen molar-refractivity contribution in [3.8, 4) is 5.82 Å². The van der Waals surface area contributed by atoms with E-state index >= 15 is 0 Å². The molecule has 0 aliphatic heterocycles. The first-order valence-electron chi connectivity index (χ1n) is 6.58. The number of pyridine rings is 1. The van der Waals surface area contributed by atoms with E-state index in [0.717, 1.165) is 23.6 Å². The molecule has 0 aliphatic carbocycles. The van der Waals surface area contributed by atoms with Crippen LogP contribution in [0.2, 0.25) is 0 Å². The smallest absolute Gasteiger partial charge is 0.153 e. The van der Waals surface area contributed by atoms with E-state index in [9.17, 15) is 0 Å². The third kappa shape index (κ3) is 3.20. The molecule has 1 N–H and O–H groups in total. The summed E-state index contributed by atoms with van der Waals surface area (Å²) in [5.74, 6) is 0.880. The summed E-state index contributed by atoms with van der Waals surface area (Å²) in [6.45, 7) is 9.40. The summed E-state index contributed by atoms with van der Waals surface area (Å²) in [5, 5.41) is 7.53. The minimum atomic E-state index is 0.0285. The van der Waals surface area contributed by atoms with Gasteiger partial charge in [0.1, 0.15) is 0 Å². The van der Waals surface area contributed by atoms with Crippen LogP contribution in [0.1, 0.15) is 37.6 Å². The number of rotatable bonds is 3. The van der Waals surface area contributed by atoms with Crippen LogP contribution in [0.15, 0.2) is 24.5 Å². The lowest BCUT2D eigenvalue weighted by Gasteiger charge is -2.20. The third-order valence-electron chi connectivity index (χ3n) is 2.97. The highest BCUT2D eigenvalue weighted by atomic mass is 15.3. The summed E-state index contributed by atoms with van der Waals surface area (Å²) in [7, 11) is 1.95. The van der Waals surface area contributed by atoms with Gasteiger partial charge in [0.25, 0.3) is 0 Å². The second-order valence-corrected chi connectivity index (χ2v) is 5.96. The van der Waals surface area contributed by atoms with E-state index < -0.39 is 0 Å². The molecule has 0 fully saturated rings. The zero-order valence-electron chi connectivity index (χ0n) is 12.4. The Bertz CT molecular complexity index is 564. The Morgan fingerprint density at radius 3 is 2.53 bits per heavy atom. The fourth-order valence-electron chi connectivity index (χ4n) is 1.92. The second-order valence-electron chi connectivity index (χ2n) is 5.96. The summed E-state index contributed by atoms with van der Waals surface area (Å²) in [4.78, 5) is 4.74. The Morgan fingerprint density at radius 1 is 1.26 bits per heavy atom. The molecule has 0 saturated carbocycles. The van der Waals surface area contributed by atoms with Crippen molar-refractivity contribution in [1.29, 1.82) is 0 Å². The number of hydrogen-bond donors (Lipinski definition) is 1. The highest BCUT2D eigenvalue weighted by Crippen LogP contribution is 2.23. The van der Waals surface area contributed by atoms with Gasteiger partial charge in [0.15, 0.2) is 5.82 Å². The average molecular weight is 258 g/mol. The average Bonchev–Trinajstić information content (AvgIpc) is 2.75. The van der Waals surface area contributed by atoms with E-state index in [0.29, 0.717) is 0 Å². The van der Waals surface area contributed by atoms with Gasteiger partial charge >= 0.3 is 0 Å². The van der Waals surface area contributed by atoms with E-state index in [-0.39, 0.29) is 5.41 Å². The first-order chi connectivity index (χ1) is 8.90. The molecule has 0 amide bonds. The maximum atomic E-state index is 4.74. The Balaban J connectivity index is 2.51. The molecule has 2 aromatic rings. The van der Waals surface area contributed by atoms with Crippen LogP contribution in [-0.4, -0.2) is 21.8 Å². The highest BCUT2D eigenvalue weighted by Gasteiger charge is 2.17. The molecule has 0 spiro atoms. The molecule has 4 nitrogen and oxygen atoms in total. The second kappa shape index (κ2) is 5.13. The van der Waals surface area contributed by atoms with Gasteiger partial charge < -0.3 is 5.32 Å². The maximum absolute atomic E-state index is 4.74. The van der Waals surface area contributed by atoms with Crippen LogP contribution in [0.3, 0.4) is 0 Å². The van der Waals surface area contributed by atoms with Gasteiger partial charge in [-0.05, 0) is 37.2 Å². The van der Waals surface area contributed by atoms with Crippen molar-refractivity contribution in [1.82, 2.24) is 20.1 Å². The lowest BCUT2D eigenvalue weighted by Crippen LogP contribution is -2.17. The van der Waals surface area contributed by atoms with Crippen LogP contribution < -0.4 is 5.32 Å². The summed E-state index contributed by atoms with van der Waals surface area (Å²) in [5.41, 5.74) is 3.48. The highest BCUT2D eigenvalue weighted by molar-refractivity contribution is 5.33. The molecule has 0 aliphatic rings. The van der Waals surface area contributed by atoms with Crippen molar-refractivity contribution >= 4 is 0 Å². The quantitative estimate of drug-likeness (QED) is 0.920. The van der Waals surface area contributed by atoms with Gasteiger partial charge in [-0.2, -0.15) is 5.10 Å². The fourth-order valence-corrected chi connectivity index (χ4v) is 1.92. The van der Waals surface area contributed by atoms with Crippen molar-refractivity contribution < 1.29 is 0 Å². The van der Waals surface area contributed by atoms with E-state index in [4.69, 9.17) is 4.98 Å². The number of nitrogens with zero attached hydrogens (tertiary/aromatic N) is 3. The molecule has 2 rings (SSSR count). The summed E-state index contributed by atoms with van der Waals surface area (Å²) < 4.78 is 1.84. The first kappa shape index (κ1) is 13.7. The Hall–Kier alpha value is -1.68. The topological polar surface area (TPSA) is 42.7 Å². The van der Waals surface area contributed by atoms with E-state index in [2.05, 4.69) is 43.3 Å². The van der Waals surface area contributed by atoms with Gasteiger partial charge in [-0.15, -0.1) is 0 Å². The summed E-state index contributed by atoms with van der Waals surface area (Å²) in [6.07, 6.45) is 3.85. The van der Waals surface area contributed by atoms with Gasteiger partial charge in [-0.1, -0.05) is 20.8 Å². The largest absolute Gasteiger partial charge is 0.316 e. The number of aryl methyl sites for hydroxylation is 1. The molecule has 0 aromatic carbocycles. The van der Waals surface area contributed by atoms with Crippen LogP contribution in [0.4, 0.5) is 0 Å². The predicted molar refractivity (Wildman–Crippen MR) is 77.6 cm³/mol. The lowest BCUT2D eigenvalue weighted by molar-refractivity contribution is 0.564. The molecular weight excluding hydrogens is 236 g/mol. The number of nitrogens with one attached hydrogen (secondary N) is 1. The first-order valence-corrected chi connectivity index (χ1v) is 6.58. The normalized spacial score (nSPS) is 11.8. The van der Waals surface area contributed by atoms with Crippen LogP contribution in [-0.2, 0) is 12.0 Å². The van der Waals surface area contributed by atoms with E-state index in [1.165, 1.54) is 5.56 Å². The molecule has 102 valence electrons. The van der Waals surface area contributed by atoms with Crippen molar-refractivity contribution in [2.24, 2.45) is 0 Å². The maximum Gasteiger partial charge on any atom is 0.153 e. The molecule has 4 heteroatoms. The number of aromatic nitrogens is 3. The zero-order valence-corrected chi connectivity index (χ0v) is 12.4. The van der Waals surface area contributed by atoms with Gasteiger partial charge in [0.05, 0.1) is 6.20 Å². The number of hydrogen-bond acceptors (Lipinski definition) is 3. The third-order valence-corrected chi connectivity index (χ3v) is 2.97. The monoisotopic (exact) mass is 258 g/mol. The molecule has 2 aromatic heterocycles.